The molecular weight excluding hydrogens is 601 g/mol. The molecule has 0 spiro atoms. The zero-order valence-corrected chi connectivity index (χ0v) is 27.5. The van der Waals surface area contributed by atoms with Crippen molar-refractivity contribution in [2.24, 2.45) is 0 Å². The van der Waals surface area contributed by atoms with Gasteiger partial charge in [0.2, 0.25) is 0 Å². The highest BCUT2D eigenvalue weighted by Crippen LogP contribution is 2.48. The van der Waals surface area contributed by atoms with Gasteiger partial charge in [0.25, 0.3) is 0 Å². The molecule has 0 heteroatoms. The molecule has 0 aliphatic carbocycles. The van der Waals surface area contributed by atoms with E-state index in [9.17, 15) is 0 Å². The Morgan fingerprint density at radius 1 is 0.200 bits per heavy atom. The SMILES string of the molecule is c1ccc(-c2c3ccccc3c(-c3ccc4ccccc4c3)c3ccc(-c4cccc5ccccc45)cc23)c(-c2cccc3ccccc23)c1. The third-order valence-electron chi connectivity index (χ3n) is 10.4. The first kappa shape index (κ1) is 28.5. The van der Waals surface area contributed by atoms with Crippen LogP contribution in [0.4, 0.5) is 0 Å². The number of benzene rings is 10. The number of hydrogen-bond acceptors (Lipinski definition) is 0. The molecule has 0 N–H and O–H groups in total. The van der Waals surface area contributed by atoms with E-state index >= 15 is 0 Å². The molecule has 0 nitrogen and oxygen atoms in total. The maximum Gasteiger partial charge on any atom is -0.00199 e. The predicted octanol–water partition coefficient (Wildman–Crippen LogP) is 14.1. The van der Waals surface area contributed by atoms with Crippen LogP contribution in [0, 0.1) is 0 Å². The third-order valence-corrected chi connectivity index (χ3v) is 10.4. The predicted molar refractivity (Wildman–Crippen MR) is 216 cm³/mol. The fourth-order valence-corrected chi connectivity index (χ4v) is 8.17. The minimum Gasteiger partial charge on any atom is -0.0616 e. The third kappa shape index (κ3) is 4.54. The Morgan fingerprint density at radius 2 is 0.680 bits per heavy atom. The summed E-state index contributed by atoms with van der Waals surface area (Å²) in [5.74, 6) is 0. The van der Waals surface area contributed by atoms with Gasteiger partial charge in [-0.1, -0.05) is 182 Å². The average molecular weight is 633 g/mol. The molecule has 232 valence electrons. The molecule has 0 saturated carbocycles. The van der Waals surface area contributed by atoms with Crippen LogP contribution in [-0.4, -0.2) is 0 Å². The number of hydrogen-bond donors (Lipinski definition) is 0. The van der Waals surface area contributed by atoms with Crippen LogP contribution in [-0.2, 0) is 0 Å². The van der Waals surface area contributed by atoms with Gasteiger partial charge < -0.3 is 0 Å². The summed E-state index contributed by atoms with van der Waals surface area (Å²) in [6.07, 6.45) is 0. The Kier molecular flexibility index (Phi) is 6.60. The lowest BCUT2D eigenvalue weighted by molar-refractivity contribution is 1.62. The van der Waals surface area contributed by atoms with Gasteiger partial charge in [-0.05, 0) is 111 Å². The molecule has 0 aliphatic rings. The van der Waals surface area contributed by atoms with Gasteiger partial charge in [0.1, 0.15) is 0 Å². The Bertz CT molecular complexity index is 2920. The molecule has 10 rings (SSSR count). The summed E-state index contributed by atoms with van der Waals surface area (Å²) in [7, 11) is 0. The quantitative estimate of drug-likeness (QED) is 0.169. The van der Waals surface area contributed by atoms with E-state index in [2.05, 4.69) is 194 Å². The molecule has 0 unspecified atom stereocenters. The topological polar surface area (TPSA) is 0 Å². The zero-order valence-electron chi connectivity index (χ0n) is 27.5. The van der Waals surface area contributed by atoms with Crippen molar-refractivity contribution in [1.82, 2.24) is 0 Å². The molecule has 0 heterocycles. The van der Waals surface area contributed by atoms with Crippen molar-refractivity contribution in [2.45, 2.75) is 0 Å². The van der Waals surface area contributed by atoms with Gasteiger partial charge in [-0.3, -0.25) is 0 Å². The van der Waals surface area contributed by atoms with Gasteiger partial charge in [-0.2, -0.15) is 0 Å². The standard InChI is InChI=1S/C50H32/c1-2-16-36-31-38(28-27-33(36)13-1)49-45-23-9-10-24-46(45)50(44-22-8-7-21-43(44)42-26-12-18-35-15-4-6-20-40(35)42)48-32-37(29-30-47(48)49)41-25-11-17-34-14-3-5-19-39(34)41/h1-32H. The summed E-state index contributed by atoms with van der Waals surface area (Å²) in [4.78, 5) is 0. The van der Waals surface area contributed by atoms with Gasteiger partial charge in [-0.15, -0.1) is 0 Å². The summed E-state index contributed by atoms with van der Waals surface area (Å²) in [5, 5.41) is 12.6. The van der Waals surface area contributed by atoms with Crippen LogP contribution >= 0.6 is 0 Å². The molecule has 50 heavy (non-hydrogen) atoms. The van der Waals surface area contributed by atoms with Gasteiger partial charge in [0, 0.05) is 0 Å². The van der Waals surface area contributed by atoms with Crippen molar-refractivity contribution in [3.05, 3.63) is 194 Å². The zero-order chi connectivity index (χ0) is 33.0. The maximum atomic E-state index is 2.45. The Hall–Kier alpha value is -6.50. The summed E-state index contributed by atoms with van der Waals surface area (Å²) < 4.78 is 0. The lowest BCUT2D eigenvalue weighted by Crippen LogP contribution is -1.94. The summed E-state index contributed by atoms with van der Waals surface area (Å²) in [6, 6.07) is 71.5. The van der Waals surface area contributed by atoms with Crippen LogP contribution < -0.4 is 0 Å². The first-order chi connectivity index (χ1) is 24.8. The van der Waals surface area contributed by atoms with E-state index in [4.69, 9.17) is 0 Å². The van der Waals surface area contributed by atoms with E-state index < -0.39 is 0 Å². The highest BCUT2D eigenvalue weighted by Gasteiger charge is 2.20. The molecule has 0 atom stereocenters. The van der Waals surface area contributed by atoms with E-state index in [1.165, 1.54) is 98.4 Å². The van der Waals surface area contributed by atoms with Crippen LogP contribution in [0.25, 0.3) is 98.4 Å². The van der Waals surface area contributed by atoms with Gasteiger partial charge >= 0.3 is 0 Å². The summed E-state index contributed by atoms with van der Waals surface area (Å²) >= 11 is 0. The highest BCUT2D eigenvalue weighted by molar-refractivity contribution is 6.24. The molecule has 0 bridgehead atoms. The van der Waals surface area contributed by atoms with Gasteiger partial charge in [0.15, 0.2) is 0 Å². The molecular formula is C50H32. The van der Waals surface area contributed by atoms with Crippen molar-refractivity contribution < 1.29 is 0 Å². The first-order valence-electron chi connectivity index (χ1n) is 17.4. The largest absolute Gasteiger partial charge is 0.0616 e. The lowest BCUT2D eigenvalue weighted by Gasteiger charge is -2.21. The molecule has 10 aromatic carbocycles. The van der Waals surface area contributed by atoms with E-state index in [0.717, 1.165) is 0 Å². The molecule has 0 radical (unpaired) electrons. The summed E-state index contributed by atoms with van der Waals surface area (Å²) in [6.45, 7) is 0. The number of rotatable bonds is 4. The second-order valence-corrected chi connectivity index (χ2v) is 13.2. The maximum absolute atomic E-state index is 2.45. The average Bonchev–Trinajstić information content (AvgIpc) is 3.19. The second kappa shape index (κ2) is 11.6. The van der Waals surface area contributed by atoms with E-state index in [0.29, 0.717) is 0 Å². The normalized spacial score (nSPS) is 11.6. The smallest absolute Gasteiger partial charge is 0.00199 e. The first-order valence-corrected chi connectivity index (χ1v) is 17.4. The fraction of sp³-hybridized carbons (Fsp3) is 0. The van der Waals surface area contributed by atoms with Crippen LogP contribution in [0.2, 0.25) is 0 Å². The van der Waals surface area contributed by atoms with Crippen molar-refractivity contribution in [3.63, 3.8) is 0 Å². The molecule has 10 aromatic rings. The monoisotopic (exact) mass is 632 g/mol. The fourth-order valence-electron chi connectivity index (χ4n) is 8.17. The molecule has 0 amide bonds. The van der Waals surface area contributed by atoms with Crippen molar-refractivity contribution in [1.29, 1.82) is 0 Å². The Balaban J connectivity index is 1.35. The van der Waals surface area contributed by atoms with E-state index in [-0.39, 0.29) is 0 Å². The minimum absolute atomic E-state index is 1.22. The van der Waals surface area contributed by atoms with Crippen molar-refractivity contribution >= 4 is 53.9 Å². The lowest BCUT2D eigenvalue weighted by atomic mass is 9.82. The van der Waals surface area contributed by atoms with Crippen molar-refractivity contribution in [3.8, 4) is 44.5 Å². The Morgan fingerprint density at radius 3 is 1.42 bits per heavy atom. The van der Waals surface area contributed by atoms with Gasteiger partial charge in [0.05, 0.1) is 0 Å². The van der Waals surface area contributed by atoms with E-state index in [1.807, 2.05) is 0 Å². The molecule has 0 aliphatic heterocycles. The Labute approximate surface area is 291 Å². The number of fused-ring (bicyclic) bond motifs is 5. The molecule has 0 aromatic heterocycles. The molecule has 0 saturated heterocycles. The van der Waals surface area contributed by atoms with Crippen LogP contribution in [0.15, 0.2) is 194 Å². The van der Waals surface area contributed by atoms with Crippen LogP contribution in [0.3, 0.4) is 0 Å². The minimum atomic E-state index is 1.22. The van der Waals surface area contributed by atoms with E-state index in [1.54, 1.807) is 0 Å². The van der Waals surface area contributed by atoms with Gasteiger partial charge in [-0.25, -0.2) is 0 Å². The van der Waals surface area contributed by atoms with Crippen LogP contribution in [0.1, 0.15) is 0 Å². The summed E-state index contributed by atoms with van der Waals surface area (Å²) in [5.41, 5.74) is 9.98. The van der Waals surface area contributed by atoms with Crippen molar-refractivity contribution in [2.75, 3.05) is 0 Å². The second-order valence-electron chi connectivity index (χ2n) is 13.2. The van der Waals surface area contributed by atoms with Crippen LogP contribution in [0.5, 0.6) is 0 Å². The molecule has 0 fully saturated rings. The highest BCUT2D eigenvalue weighted by atomic mass is 14.2.